The zero-order chi connectivity index (χ0) is 17.4. The van der Waals surface area contributed by atoms with Crippen molar-refractivity contribution in [2.24, 2.45) is 7.05 Å². The molecule has 0 fully saturated rings. The number of ketones is 1. The van der Waals surface area contributed by atoms with Gasteiger partial charge in [-0.2, -0.15) is 5.10 Å². The lowest BCUT2D eigenvalue weighted by molar-refractivity contribution is 0.0478. The summed E-state index contributed by atoms with van der Waals surface area (Å²) in [6.45, 7) is 1.16. The van der Waals surface area contributed by atoms with Crippen LogP contribution in [-0.4, -0.2) is 28.1 Å². The van der Waals surface area contributed by atoms with Crippen molar-refractivity contribution in [3.05, 3.63) is 52.0 Å². The van der Waals surface area contributed by atoms with E-state index in [-0.39, 0.29) is 0 Å². The molecule has 0 saturated carbocycles. The molecule has 24 heavy (non-hydrogen) atoms. The predicted molar refractivity (Wildman–Crippen MR) is 84.3 cm³/mol. The van der Waals surface area contributed by atoms with E-state index in [9.17, 15) is 18.4 Å². The van der Waals surface area contributed by atoms with E-state index in [1.165, 1.54) is 11.3 Å². The highest BCUT2D eigenvalue weighted by Crippen LogP contribution is 2.28. The zero-order valence-corrected chi connectivity index (χ0v) is 13.6. The Balaban J connectivity index is 1.73. The third-order valence-corrected chi connectivity index (χ3v) is 4.64. The molecule has 0 unspecified atom stereocenters. The lowest BCUT2D eigenvalue weighted by Crippen LogP contribution is -2.15. The first kappa shape index (κ1) is 16.3. The van der Waals surface area contributed by atoms with E-state index in [1.54, 1.807) is 17.8 Å². The van der Waals surface area contributed by atoms with Crippen LogP contribution in [0.4, 0.5) is 8.78 Å². The van der Waals surface area contributed by atoms with Crippen molar-refractivity contribution in [3.8, 4) is 0 Å². The van der Waals surface area contributed by atoms with Crippen LogP contribution >= 0.6 is 11.3 Å². The van der Waals surface area contributed by atoms with Crippen molar-refractivity contribution in [3.63, 3.8) is 0 Å². The minimum absolute atomic E-state index is 0.314. The van der Waals surface area contributed by atoms with Gasteiger partial charge in [0.2, 0.25) is 5.78 Å². The quantitative estimate of drug-likeness (QED) is 0.535. The number of esters is 1. The van der Waals surface area contributed by atoms with Gasteiger partial charge in [-0.15, -0.1) is 11.3 Å². The van der Waals surface area contributed by atoms with Crippen molar-refractivity contribution in [1.29, 1.82) is 0 Å². The number of Topliss-reactive ketones (excluding diaryl/α,β-unsaturated/α-hetero) is 1. The summed E-state index contributed by atoms with van der Waals surface area (Å²) in [7, 11) is 1.76. The molecule has 2 aromatic heterocycles. The normalized spacial score (nSPS) is 11.0. The van der Waals surface area contributed by atoms with Gasteiger partial charge in [-0.25, -0.2) is 13.6 Å². The molecule has 8 heteroatoms. The molecule has 0 bridgehead atoms. The monoisotopic (exact) mass is 350 g/mol. The van der Waals surface area contributed by atoms with Crippen LogP contribution in [0.2, 0.25) is 0 Å². The van der Waals surface area contributed by atoms with Crippen LogP contribution in [0.15, 0.2) is 24.3 Å². The molecule has 0 spiro atoms. The lowest BCUT2D eigenvalue weighted by Gasteiger charge is -2.04. The zero-order valence-electron chi connectivity index (χ0n) is 12.8. The Morgan fingerprint density at radius 1 is 1.29 bits per heavy atom. The van der Waals surface area contributed by atoms with E-state index in [0.717, 1.165) is 34.1 Å². The Morgan fingerprint density at radius 2 is 2.04 bits per heavy atom. The standard InChI is InChI=1S/C16H12F2N2O3S/c1-8-10-6-14(24-15(10)20(2)19-8)16(22)23-7-13(21)11-5-9(17)3-4-12(11)18/h3-6H,7H2,1-2H3. The molecule has 0 aliphatic carbocycles. The molecule has 0 aliphatic rings. The summed E-state index contributed by atoms with van der Waals surface area (Å²) in [5, 5.41) is 5.06. The van der Waals surface area contributed by atoms with Gasteiger partial charge in [0.15, 0.2) is 6.61 Å². The van der Waals surface area contributed by atoms with Gasteiger partial charge in [-0.05, 0) is 31.2 Å². The van der Waals surface area contributed by atoms with E-state index in [0.29, 0.717) is 4.88 Å². The highest BCUT2D eigenvalue weighted by Gasteiger charge is 2.19. The average molecular weight is 350 g/mol. The van der Waals surface area contributed by atoms with Crippen LogP contribution < -0.4 is 0 Å². The first-order chi connectivity index (χ1) is 11.4. The molecular weight excluding hydrogens is 338 g/mol. The number of nitrogens with zero attached hydrogens (tertiary/aromatic N) is 2. The Bertz CT molecular complexity index is 927. The van der Waals surface area contributed by atoms with Crippen LogP contribution in [0, 0.1) is 18.6 Å². The molecule has 0 radical (unpaired) electrons. The first-order valence-electron chi connectivity index (χ1n) is 6.95. The van der Waals surface area contributed by atoms with Crippen molar-refractivity contribution >= 4 is 33.3 Å². The summed E-state index contributed by atoms with van der Waals surface area (Å²) < 4.78 is 33.2. The second kappa shape index (κ2) is 6.12. The number of thiophene rings is 1. The number of carbonyl (C=O) groups is 2. The number of aryl methyl sites for hydroxylation is 2. The van der Waals surface area contributed by atoms with E-state index in [2.05, 4.69) is 5.10 Å². The van der Waals surface area contributed by atoms with Crippen LogP contribution in [0.3, 0.4) is 0 Å². The number of ether oxygens (including phenoxy) is 1. The molecule has 0 atom stereocenters. The summed E-state index contributed by atoms with van der Waals surface area (Å²) in [4.78, 5) is 25.1. The number of benzene rings is 1. The predicted octanol–water partition coefficient (Wildman–Crippen LogP) is 3.26. The minimum atomic E-state index is -0.860. The second-order valence-electron chi connectivity index (χ2n) is 5.16. The van der Waals surface area contributed by atoms with E-state index in [4.69, 9.17) is 4.74 Å². The van der Waals surface area contributed by atoms with Gasteiger partial charge >= 0.3 is 5.97 Å². The molecule has 0 amide bonds. The average Bonchev–Trinajstić information content (AvgIpc) is 3.09. The number of rotatable bonds is 4. The number of hydrogen-bond acceptors (Lipinski definition) is 5. The molecule has 124 valence electrons. The largest absolute Gasteiger partial charge is 0.453 e. The fourth-order valence-corrected chi connectivity index (χ4v) is 3.31. The summed E-state index contributed by atoms with van der Waals surface area (Å²) in [6.07, 6.45) is 0. The Kier molecular flexibility index (Phi) is 4.15. The highest BCUT2D eigenvalue weighted by atomic mass is 32.1. The Hall–Kier alpha value is -2.61. The van der Waals surface area contributed by atoms with Crippen molar-refractivity contribution < 1.29 is 23.1 Å². The van der Waals surface area contributed by atoms with Crippen molar-refractivity contribution in [1.82, 2.24) is 9.78 Å². The number of aromatic nitrogens is 2. The summed E-state index contributed by atoms with van der Waals surface area (Å²) in [5.41, 5.74) is 0.333. The molecule has 3 rings (SSSR count). The molecule has 2 heterocycles. The topological polar surface area (TPSA) is 61.2 Å². The number of fused-ring (bicyclic) bond motifs is 1. The van der Waals surface area contributed by atoms with Crippen LogP contribution in [0.5, 0.6) is 0 Å². The third-order valence-electron chi connectivity index (χ3n) is 3.46. The van der Waals surface area contributed by atoms with Crippen LogP contribution in [-0.2, 0) is 11.8 Å². The first-order valence-corrected chi connectivity index (χ1v) is 7.77. The minimum Gasteiger partial charge on any atom is -0.453 e. The van der Waals surface area contributed by atoms with E-state index >= 15 is 0 Å². The molecule has 0 saturated heterocycles. The van der Waals surface area contributed by atoms with Gasteiger partial charge in [0.25, 0.3) is 0 Å². The molecule has 1 aromatic carbocycles. The van der Waals surface area contributed by atoms with Gasteiger partial charge in [0, 0.05) is 12.4 Å². The summed E-state index contributed by atoms with van der Waals surface area (Å²) >= 11 is 1.19. The third kappa shape index (κ3) is 2.92. The maximum absolute atomic E-state index is 13.5. The van der Waals surface area contributed by atoms with Gasteiger partial charge in [-0.1, -0.05) is 0 Å². The smallest absolute Gasteiger partial charge is 0.348 e. The van der Waals surface area contributed by atoms with Gasteiger partial charge in [0.1, 0.15) is 21.3 Å². The Morgan fingerprint density at radius 3 is 2.75 bits per heavy atom. The lowest BCUT2D eigenvalue weighted by atomic mass is 10.1. The van der Waals surface area contributed by atoms with Crippen molar-refractivity contribution in [2.75, 3.05) is 6.61 Å². The fourth-order valence-electron chi connectivity index (χ4n) is 2.30. The SMILES string of the molecule is Cc1nn(C)c2sc(C(=O)OCC(=O)c3cc(F)ccc3F)cc12. The summed E-state index contributed by atoms with van der Waals surface area (Å²) in [6, 6.07) is 4.18. The van der Waals surface area contributed by atoms with Gasteiger partial charge < -0.3 is 4.74 Å². The second-order valence-corrected chi connectivity index (χ2v) is 6.19. The molecule has 5 nitrogen and oxygen atoms in total. The Labute approximate surface area is 139 Å². The number of carbonyl (C=O) groups excluding carboxylic acids is 2. The van der Waals surface area contributed by atoms with Crippen LogP contribution in [0.25, 0.3) is 10.2 Å². The molecule has 3 aromatic rings. The maximum atomic E-state index is 13.5. The van der Waals surface area contributed by atoms with Crippen LogP contribution in [0.1, 0.15) is 25.7 Å². The highest BCUT2D eigenvalue weighted by molar-refractivity contribution is 7.20. The number of hydrogen-bond donors (Lipinski definition) is 0. The summed E-state index contributed by atoms with van der Waals surface area (Å²) in [5.74, 6) is -3.10. The molecule has 0 N–H and O–H groups in total. The van der Waals surface area contributed by atoms with E-state index in [1.807, 2.05) is 6.92 Å². The maximum Gasteiger partial charge on any atom is 0.348 e. The van der Waals surface area contributed by atoms with Gasteiger partial charge in [-0.3, -0.25) is 9.48 Å². The van der Waals surface area contributed by atoms with Crippen molar-refractivity contribution in [2.45, 2.75) is 6.92 Å². The number of halogens is 2. The van der Waals surface area contributed by atoms with Gasteiger partial charge in [0.05, 0.1) is 11.3 Å². The fraction of sp³-hybridized carbons (Fsp3) is 0.188. The van der Waals surface area contributed by atoms with E-state index < -0.39 is 35.6 Å². The molecular formula is C16H12F2N2O3S. The molecule has 0 aliphatic heterocycles.